The highest BCUT2D eigenvalue weighted by molar-refractivity contribution is 8.00. The second kappa shape index (κ2) is 10.1. The van der Waals surface area contributed by atoms with Gasteiger partial charge >= 0.3 is 0 Å². The summed E-state index contributed by atoms with van der Waals surface area (Å²) in [6.07, 6.45) is 0. The highest BCUT2D eigenvalue weighted by Gasteiger charge is 2.15. The van der Waals surface area contributed by atoms with Crippen LogP contribution in [-0.2, 0) is 11.3 Å². The lowest BCUT2D eigenvalue weighted by molar-refractivity contribution is -0.129. The molecule has 1 amide bonds. The highest BCUT2D eigenvalue weighted by Crippen LogP contribution is 2.24. The minimum absolute atomic E-state index is 0.132. The third kappa shape index (κ3) is 6.74. The maximum Gasteiger partial charge on any atom is 0.233 e. The lowest BCUT2D eigenvalue weighted by Crippen LogP contribution is -2.37. The molecule has 0 fully saturated rings. The first kappa shape index (κ1) is 21.0. The zero-order valence-corrected chi connectivity index (χ0v) is 17.3. The van der Waals surface area contributed by atoms with Crippen molar-refractivity contribution in [2.45, 2.75) is 25.3 Å². The molecule has 0 aliphatic rings. The molecule has 0 spiro atoms. The normalized spacial score (nSPS) is 10.7. The Morgan fingerprint density at radius 2 is 1.78 bits per heavy atom. The minimum Gasteiger partial charge on any atom is -0.336 e. The van der Waals surface area contributed by atoms with Crippen molar-refractivity contribution in [1.29, 1.82) is 5.26 Å². The third-order valence-corrected chi connectivity index (χ3v) is 5.46. The van der Waals surface area contributed by atoms with Crippen LogP contribution in [0.25, 0.3) is 0 Å². The van der Waals surface area contributed by atoms with Crippen molar-refractivity contribution in [2.75, 3.05) is 32.9 Å². The molecule has 0 heterocycles. The topological polar surface area (TPSA) is 47.3 Å². The zero-order valence-electron chi connectivity index (χ0n) is 16.5. The van der Waals surface area contributed by atoms with Crippen molar-refractivity contribution in [3.8, 4) is 6.07 Å². The summed E-state index contributed by atoms with van der Waals surface area (Å²) in [6.45, 7) is 6.20. The fourth-order valence-corrected chi connectivity index (χ4v) is 3.64. The number of likely N-dealkylation sites (N-methyl/N-ethyl adjacent to an activating group) is 1. The molecule has 0 saturated carbocycles. The molecule has 142 valence electrons. The average Bonchev–Trinajstić information content (AvgIpc) is 2.65. The van der Waals surface area contributed by atoms with Crippen LogP contribution >= 0.6 is 11.8 Å². The van der Waals surface area contributed by atoms with Gasteiger partial charge in [-0.1, -0.05) is 29.8 Å². The van der Waals surface area contributed by atoms with Gasteiger partial charge in [0.25, 0.3) is 0 Å². The van der Waals surface area contributed by atoms with E-state index in [1.165, 1.54) is 11.1 Å². The first-order chi connectivity index (χ1) is 12.9. The number of nitriles is 1. The fourth-order valence-electron chi connectivity index (χ4n) is 2.61. The van der Waals surface area contributed by atoms with Gasteiger partial charge in [0.1, 0.15) is 0 Å². The van der Waals surface area contributed by atoms with Gasteiger partial charge in [0.2, 0.25) is 5.91 Å². The Morgan fingerprint density at radius 1 is 1.07 bits per heavy atom. The number of amides is 1. The number of nitrogens with zero attached hydrogens (tertiary/aromatic N) is 3. The van der Waals surface area contributed by atoms with Gasteiger partial charge in [-0.05, 0) is 57.3 Å². The number of benzene rings is 2. The van der Waals surface area contributed by atoms with Crippen LogP contribution in [-0.4, -0.2) is 48.6 Å². The van der Waals surface area contributed by atoms with Gasteiger partial charge in [-0.25, -0.2) is 0 Å². The van der Waals surface area contributed by atoms with Gasteiger partial charge in [0.15, 0.2) is 0 Å². The molecule has 0 bridgehead atoms. The Hall–Kier alpha value is -2.29. The minimum atomic E-state index is 0.132. The third-order valence-electron chi connectivity index (χ3n) is 4.32. The average molecular weight is 382 g/mol. The predicted octanol–water partition coefficient (Wildman–Crippen LogP) is 3.86. The summed E-state index contributed by atoms with van der Waals surface area (Å²) in [4.78, 5) is 18.0. The predicted molar refractivity (Wildman–Crippen MR) is 112 cm³/mol. The number of hydrogen-bond donors (Lipinski definition) is 0. The second-order valence-corrected chi connectivity index (χ2v) is 8.00. The Balaban J connectivity index is 2.05. The van der Waals surface area contributed by atoms with Gasteiger partial charge in [-0.3, -0.25) is 4.79 Å². The Kier molecular flexibility index (Phi) is 7.90. The van der Waals surface area contributed by atoms with Crippen molar-refractivity contribution in [2.24, 2.45) is 0 Å². The van der Waals surface area contributed by atoms with Crippen molar-refractivity contribution in [3.63, 3.8) is 0 Å². The largest absolute Gasteiger partial charge is 0.336 e. The Bertz CT molecular complexity index is 809. The molecule has 0 atom stereocenters. The van der Waals surface area contributed by atoms with E-state index in [1.54, 1.807) is 23.9 Å². The van der Waals surface area contributed by atoms with Gasteiger partial charge in [-0.2, -0.15) is 5.26 Å². The van der Waals surface area contributed by atoms with E-state index in [-0.39, 0.29) is 5.91 Å². The van der Waals surface area contributed by atoms with E-state index in [0.29, 0.717) is 24.4 Å². The SMILES string of the molecule is Cc1ccc(C)c(SCC(=O)N(CCN(C)C)Cc2ccc(C#N)cc2)c1. The van der Waals surface area contributed by atoms with Crippen LogP contribution in [0.3, 0.4) is 0 Å². The summed E-state index contributed by atoms with van der Waals surface area (Å²) in [5, 5.41) is 8.94. The van der Waals surface area contributed by atoms with Crippen molar-refractivity contribution >= 4 is 17.7 Å². The molecule has 0 aliphatic carbocycles. The summed E-state index contributed by atoms with van der Waals surface area (Å²) in [5.41, 5.74) is 4.08. The van der Waals surface area contributed by atoms with E-state index < -0.39 is 0 Å². The summed E-state index contributed by atoms with van der Waals surface area (Å²) < 4.78 is 0. The van der Waals surface area contributed by atoms with Crippen LogP contribution in [0.15, 0.2) is 47.4 Å². The van der Waals surface area contributed by atoms with Crippen LogP contribution in [0.1, 0.15) is 22.3 Å². The molecule has 4 nitrogen and oxygen atoms in total. The summed E-state index contributed by atoms with van der Waals surface area (Å²) >= 11 is 1.60. The molecular weight excluding hydrogens is 354 g/mol. The number of carbonyl (C=O) groups excluding carboxylic acids is 1. The van der Waals surface area contributed by atoms with Gasteiger partial charge in [0, 0.05) is 24.5 Å². The monoisotopic (exact) mass is 381 g/mol. The molecule has 2 aromatic rings. The van der Waals surface area contributed by atoms with Crippen LogP contribution in [0.2, 0.25) is 0 Å². The Labute approximate surface area is 166 Å². The smallest absolute Gasteiger partial charge is 0.233 e. The lowest BCUT2D eigenvalue weighted by atomic mass is 10.1. The molecular formula is C22H27N3OS. The van der Waals surface area contributed by atoms with Gasteiger partial charge in [0.05, 0.1) is 17.4 Å². The first-order valence-electron chi connectivity index (χ1n) is 9.00. The van der Waals surface area contributed by atoms with Crippen LogP contribution < -0.4 is 0 Å². The highest BCUT2D eigenvalue weighted by atomic mass is 32.2. The van der Waals surface area contributed by atoms with Crippen LogP contribution in [0.5, 0.6) is 0 Å². The standard InChI is InChI=1S/C22H27N3OS/c1-17-5-6-18(2)21(13-17)27-16-22(26)25(12-11-24(3)4)15-20-9-7-19(14-23)8-10-20/h5-10,13H,11-12,15-16H2,1-4H3. The quantitative estimate of drug-likeness (QED) is 0.652. The van der Waals surface area contributed by atoms with Crippen LogP contribution in [0, 0.1) is 25.2 Å². The molecule has 0 unspecified atom stereocenters. The van der Waals surface area contributed by atoms with Crippen molar-refractivity contribution in [3.05, 3.63) is 64.7 Å². The molecule has 0 saturated heterocycles. The summed E-state index contributed by atoms with van der Waals surface area (Å²) in [5.74, 6) is 0.556. The Morgan fingerprint density at radius 3 is 2.41 bits per heavy atom. The van der Waals surface area contributed by atoms with E-state index >= 15 is 0 Å². The lowest BCUT2D eigenvalue weighted by Gasteiger charge is -2.24. The zero-order chi connectivity index (χ0) is 19.8. The van der Waals surface area contributed by atoms with E-state index in [0.717, 1.165) is 17.0 Å². The number of rotatable bonds is 8. The van der Waals surface area contributed by atoms with E-state index in [9.17, 15) is 4.79 Å². The van der Waals surface area contributed by atoms with Gasteiger partial charge < -0.3 is 9.80 Å². The molecule has 0 aromatic heterocycles. The fraction of sp³-hybridized carbons (Fsp3) is 0.364. The number of aryl methyl sites for hydroxylation is 2. The molecule has 2 aromatic carbocycles. The molecule has 0 N–H and O–H groups in total. The van der Waals surface area contributed by atoms with Crippen LogP contribution in [0.4, 0.5) is 0 Å². The maximum absolute atomic E-state index is 12.9. The van der Waals surface area contributed by atoms with E-state index in [1.807, 2.05) is 31.1 Å². The molecule has 0 radical (unpaired) electrons. The second-order valence-electron chi connectivity index (χ2n) is 6.98. The van der Waals surface area contributed by atoms with E-state index in [2.05, 4.69) is 43.0 Å². The van der Waals surface area contributed by atoms with Crippen molar-refractivity contribution < 1.29 is 4.79 Å². The van der Waals surface area contributed by atoms with Gasteiger partial charge in [-0.15, -0.1) is 11.8 Å². The van der Waals surface area contributed by atoms with Crippen molar-refractivity contribution in [1.82, 2.24) is 9.80 Å². The number of carbonyl (C=O) groups is 1. The number of hydrogen-bond acceptors (Lipinski definition) is 4. The first-order valence-corrected chi connectivity index (χ1v) is 9.99. The summed E-state index contributed by atoms with van der Waals surface area (Å²) in [7, 11) is 4.02. The summed E-state index contributed by atoms with van der Waals surface area (Å²) in [6, 6.07) is 15.9. The molecule has 0 aliphatic heterocycles. The maximum atomic E-state index is 12.9. The molecule has 27 heavy (non-hydrogen) atoms. The molecule has 2 rings (SSSR count). The number of thioether (sulfide) groups is 1. The van der Waals surface area contributed by atoms with E-state index in [4.69, 9.17) is 5.26 Å². The molecule has 5 heteroatoms.